The number of amides is 2. The number of hydrogen-bond donors (Lipinski definition) is 1. The van der Waals surface area contributed by atoms with Crippen LogP contribution < -0.4 is 15.0 Å². The molecule has 118 valence electrons. The first-order valence-corrected chi connectivity index (χ1v) is 7.22. The number of carbonyl (C=O) groups is 2. The topological polar surface area (TPSA) is 58.6 Å². The summed E-state index contributed by atoms with van der Waals surface area (Å²) >= 11 is 0. The number of nitrogens with zero attached hydrogens (tertiary/aromatic N) is 1. The third-order valence-corrected chi connectivity index (χ3v) is 3.52. The first-order chi connectivity index (χ1) is 11.1. The van der Waals surface area contributed by atoms with E-state index in [9.17, 15) is 14.0 Å². The molecular formula is C17H15FN2O3. The monoisotopic (exact) mass is 314 g/mol. The van der Waals surface area contributed by atoms with E-state index in [0.29, 0.717) is 11.4 Å². The van der Waals surface area contributed by atoms with Crippen molar-refractivity contribution in [3.8, 4) is 5.75 Å². The van der Waals surface area contributed by atoms with E-state index < -0.39 is 5.82 Å². The predicted molar refractivity (Wildman–Crippen MR) is 83.9 cm³/mol. The van der Waals surface area contributed by atoms with E-state index in [-0.39, 0.29) is 37.1 Å². The predicted octanol–water partition coefficient (Wildman–Crippen LogP) is 2.58. The molecule has 5 nitrogen and oxygen atoms in total. The second-order valence-corrected chi connectivity index (χ2v) is 5.08. The summed E-state index contributed by atoms with van der Waals surface area (Å²) in [5.41, 5.74) is 0.772. The molecule has 2 aromatic rings. The molecule has 1 N–H and O–H groups in total. The number of nitrogens with one attached hydrogen (secondary N) is 1. The molecule has 0 saturated carbocycles. The van der Waals surface area contributed by atoms with Crippen LogP contribution in [0.1, 0.15) is 6.42 Å². The Balaban J connectivity index is 1.65. The molecule has 0 aromatic heterocycles. The van der Waals surface area contributed by atoms with Crippen LogP contribution in [0.2, 0.25) is 0 Å². The Labute approximate surface area is 132 Å². The van der Waals surface area contributed by atoms with Gasteiger partial charge in [0.05, 0.1) is 11.4 Å². The zero-order chi connectivity index (χ0) is 16.2. The number of benzene rings is 2. The van der Waals surface area contributed by atoms with Gasteiger partial charge >= 0.3 is 0 Å². The number of ether oxygens (including phenoxy) is 1. The van der Waals surface area contributed by atoms with Gasteiger partial charge in [-0.2, -0.15) is 0 Å². The van der Waals surface area contributed by atoms with Crippen LogP contribution in [0.15, 0.2) is 48.5 Å². The minimum Gasteiger partial charge on any atom is -0.482 e. The first-order valence-electron chi connectivity index (χ1n) is 7.22. The summed E-state index contributed by atoms with van der Waals surface area (Å²) < 4.78 is 18.9. The van der Waals surface area contributed by atoms with Gasteiger partial charge < -0.3 is 15.0 Å². The third-order valence-electron chi connectivity index (χ3n) is 3.52. The highest BCUT2D eigenvalue weighted by Crippen LogP contribution is 2.31. The lowest BCUT2D eigenvalue weighted by Gasteiger charge is -2.29. The largest absolute Gasteiger partial charge is 0.482 e. The average molecular weight is 314 g/mol. The molecule has 1 heterocycles. The van der Waals surface area contributed by atoms with Gasteiger partial charge in [0.1, 0.15) is 11.6 Å². The second kappa shape index (κ2) is 6.48. The Morgan fingerprint density at radius 2 is 1.91 bits per heavy atom. The molecule has 3 rings (SSSR count). The molecule has 0 spiro atoms. The molecule has 0 aliphatic carbocycles. The van der Waals surface area contributed by atoms with Crippen molar-refractivity contribution < 1.29 is 18.7 Å². The molecule has 0 saturated heterocycles. The zero-order valence-electron chi connectivity index (χ0n) is 12.3. The van der Waals surface area contributed by atoms with Gasteiger partial charge in [0.25, 0.3) is 5.91 Å². The van der Waals surface area contributed by atoms with Crippen molar-refractivity contribution in [1.82, 2.24) is 0 Å². The average Bonchev–Trinajstić information content (AvgIpc) is 2.56. The smallest absolute Gasteiger partial charge is 0.265 e. The van der Waals surface area contributed by atoms with E-state index >= 15 is 0 Å². The van der Waals surface area contributed by atoms with Gasteiger partial charge in [0.15, 0.2) is 6.61 Å². The fourth-order valence-corrected chi connectivity index (χ4v) is 2.39. The number of carbonyl (C=O) groups excluding carboxylic acids is 2. The Kier molecular flexibility index (Phi) is 4.23. The van der Waals surface area contributed by atoms with Crippen LogP contribution in [0.25, 0.3) is 0 Å². The third kappa shape index (κ3) is 3.31. The van der Waals surface area contributed by atoms with Crippen LogP contribution in [-0.4, -0.2) is 25.0 Å². The minimum absolute atomic E-state index is 0.0497. The minimum atomic E-state index is -0.492. The van der Waals surface area contributed by atoms with Gasteiger partial charge in [-0.15, -0.1) is 0 Å². The van der Waals surface area contributed by atoms with Gasteiger partial charge in [0.2, 0.25) is 5.91 Å². The lowest BCUT2D eigenvalue weighted by Crippen LogP contribution is -2.40. The van der Waals surface area contributed by atoms with Crippen molar-refractivity contribution in [3.63, 3.8) is 0 Å². The summed E-state index contributed by atoms with van der Waals surface area (Å²) in [6, 6.07) is 13.1. The Bertz CT molecular complexity index is 748. The lowest BCUT2D eigenvalue weighted by atomic mass is 10.2. The van der Waals surface area contributed by atoms with E-state index in [0.717, 1.165) is 0 Å². The molecular weight excluding hydrogens is 299 g/mol. The molecule has 0 unspecified atom stereocenters. The summed E-state index contributed by atoms with van der Waals surface area (Å²) in [6.07, 6.45) is 0.0639. The molecule has 0 bridgehead atoms. The van der Waals surface area contributed by atoms with Gasteiger partial charge in [-0.1, -0.05) is 24.3 Å². The highest BCUT2D eigenvalue weighted by Gasteiger charge is 2.25. The number of rotatable bonds is 4. The maximum Gasteiger partial charge on any atom is 0.265 e. The summed E-state index contributed by atoms with van der Waals surface area (Å²) in [4.78, 5) is 25.5. The van der Waals surface area contributed by atoms with Crippen LogP contribution in [0, 0.1) is 5.82 Å². The number of halogens is 1. The van der Waals surface area contributed by atoms with Gasteiger partial charge in [-0.3, -0.25) is 9.59 Å². The van der Waals surface area contributed by atoms with E-state index in [1.54, 1.807) is 30.3 Å². The Hall–Kier alpha value is -2.89. The fraction of sp³-hybridized carbons (Fsp3) is 0.176. The molecule has 1 aliphatic heterocycles. The summed E-state index contributed by atoms with van der Waals surface area (Å²) in [5.74, 6) is -0.440. The highest BCUT2D eigenvalue weighted by molar-refractivity contribution is 5.99. The van der Waals surface area contributed by atoms with Crippen molar-refractivity contribution in [2.75, 3.05) is 23.4 Å². The van der Waals surface area contributed by atoms with Gasteiger partial charge in [-0.05, 0) is 24.3 Å². The second-order valence-electron chi connectivity index (χ2n) is 5.08. The maximum absolute atomic E-state index is 13.5. The van der Waals surface area contributed by atoms with E-state index in [4.69, 9.17) is 4.74 Å². The fourth-order valence-electron chi connectivity index (χ4n) is 2.39. The van der Waals surface area contributed by atoms with Crippen molar-refractivity contribution in [1.29, 1.82) is 0 Å². The normalized spacial score (nSPS) is 13.3. The standard InChI is InChI=1S/C17H15FN2O3/c18-12-5-1-2-6-13(12)19-16(21)9-10-20-14-7-3-4-8-15(14)23-11-17(20)22/h1-8H,9-11H2,(H,19,21). The van der Waals surface area contributed by atoms with Crippen molar-refractivity contribution in [3.05, 3.63) is 54.3 Å². The Morgan fingerprint density at radius 3 is 2.74 bits per heavy atom. The molecule has 2 amide bonds. The molecule has 2 aromatic carbocycles. The van der Waals surface area contributed by atoms with Crippen LogP contribution >= 0.6 is 0 Å². The van der Waals surface area contributed by atoms with E-state index in [2.05, 4.69) is 5.32 Å². The van der Waals surface area contributed by atoms with Gasteiger partial charge in [0, 0.05) is 13.0 Å². The van der Waals surface area contributed by atoms with E-state index in [1.807, 2.05) is 6.07 Å². The SMILES string of the molecule is O=C(CCN1C(=O)COc2ccccc21)Nc1ccccc1F. The maximum atomic E-state index is 13.5. The Morgan fingerprint density at radius 1 is 1.17 bits per heavy atom. The van der Waals surface area contributed by atoms with Crippen molar-refractivity contribution in [2.45, 2.75) is 6.42 Å². The van der Waals surface area contributed by atoms with Crippen LogP contribution in [0.3, 0.4) is 0 Å². The first kappa shape index (κ1) is 15.0. The van der Waals surface area contributed by atoms with Crippen molar-refractivity contribution in [2.24, 2.45) is 0 Å². The van der Waals surface area contributed by atoms with Crippen LogP contribution in [0.5, 0.6) is 5.75 Å². The molecule has 23 heavy (non-hydrogen) atoms. The highest BCUT2D eigenvalue weighted by atomic mass is 19.1. The summed E-state index contributed by atoms with van der Waals surface area (Å²) in [6.45, 7) is 0.158. The summed E-state index contributed by atoms with van der Waals surface area (Å²) in [7, 11) is 0. The molecule has 1 aliphatic rings. The number of hydrogen-bond acceptors (Lipinski definition) is 3. The van der Waals surface area contributed by atoms with E-state index in [1.165, 1.54) is 17.0 Å². The van der Waals surface area contributed by atoms with Gasteiger partial charge in [-0.25, -0.2) is 4.39 Å². The van der Waals surface area contributed by atoms with Crippen LogP contribution in [-0.2, 0) is 9.59 Å². The molecule has 0 fully saturated rings. The quantitative estimate of drug-likeness (QED) is 0.943. The van der Waals surface area contributed by atoms with Crippen LogP contribution in [0.4, 0.5) is 15.8 Å². The summed E-state index contributed by atoms with van der Waals surface area (Å²) in [5, 5.41) is 2.51. The lowest BCUT2D eigenvalue weighted by molar-refractivity contribution is -0.121. The number of anilines is 2. The molecule has 0 radical (unpaired) electrons. The molecule has 6 heteroatoms. The zero-order valence-corrected chi connectivity index (χ0v) is 12.3. The number of fused-ring (bicyclic) bond motifs is 1. The molecule has 0 atom stereocenters. The number of para-hydroxylation sites is 3. The van der Waals surface area contributed by atoms with Crippen molar-refractivity contribution >= 4 is 23.2 Å².